The molecule has 7 rings (SSSR count). The number of hydrogen-bond donors (Lipinski definition) is 3. The highest BCUT2D eigenvalue weighted by molar-refractivity contribution is 5.96. The SMILES string of the molecule is CCCCCC(=O)N[C@@H](C=C(C)C)[C@@H](O)C(=O)O[C@@H]1C(C)=C2[C@@H](OC(=O)C3CC3)C(=O)[C@@]3(C)C([C@H](OC(=O)c4ccccc4)[C@@]4(OC(=O)O[C@@H]14)C2(C)C)[C@]1(OC(C)=O)CO[C@@H]1C[C@@H]3O. The Morgan fingerprint density at radius 2 is 1.67 bits per heavy atom. The van der Waals surface area contributed by atoms with E-state index >= 15 is 4.79 Å². The minimum atomic E-state index is -2.34. The fraction of sp³-hybridized carbons (Fsp3) is 0.638. The van der Waals surface area contributed by atoms with Gasteiger partial charge >= 0.3 is 30.0 Å². The van der Waals surface area contributed by atoms with Crippen molar-refractivity contribution < 1.29 is 76.9 Å². The molecule has 4 aliphatic carbocycles. The average molecular weight is 894 g/mol. The van der Waals surface area contributed by atoms with E-state index in [1.165, 1.54) is 32.1 Å². The fourth-order valence-electron chi connectivity index (χ4n) is 10.8. The molecule has 1 unspecified atom stereocenters. The Kier molecular flexibility index (Phi) is 12.7. The van der Waals surface area contributed by atoms with Crippen LogP contribution < -0.4 is 5.32 Å². The summed E-state index contributed by atoms with van der Waals surface area (Å²) in [6.07, 6.45) is -8.56. The second-order valence-corrected chi connectivity index (χ2v) is 19.0. The maximum absolute atomic E-state index is 15.8. The lowest BCUT2D eigenvalue weighted by molar-refractivity contribution is -0.345. The van der Waals surface area contributed by atoms with Crippen LogP contribution in [0, 0.1) is 22.7 Å². The molecule has 1 aromatic carbocycles. The van der Waals surface area contributed by atoms with Crippen molar-refractivity contribution in [1.82, 2.24) is 5.32 Å². The van der Waals surface area contributed by atoms with Crippen molar-refractivity contribution in [3.8, 4) is 0 Å². The number of ether oxygens (including phenoxy) is 7. The number of esters is 4. The topological polar surface area (TPSA) is 237 Å². The van der Waals surface area contributed by atoms with Gasteiger partial charge in [-0.15, -0.1) is 0 Å². The highest BCUT2D eigenvalue weighted by Gasteiger charge is 2.83. The van der Waals surface area contributed by atoms with Crippen LogP contribution in [0.5, 0.6) is 0 Å². The third-order valence-electron chi connectivity index (χ3n) is 14.2. The molecule has 1 spiro atoms. The second-order valence-electron chi connectivity index (χ2n) is 19.0. The van der Waals surface area contributed by atoms with Crippen LogP contribution in [0.15, 0.2) is 53.1 Å². The highest BCUT2D eigenvalue weighted by atomic mass is 16.8. The first-order valence-electron chi connectivity index (χ1n) is 22.1. The van der Waals surface area contributed by atoms with Gasteiger partial charge in [0.1, 0.15) is 6.10 Å². The molecule has 17 nitrogen and oxygen atoms in total. The predicted molar refractivity (Wildman–Crippen MR) is 222 cm³/mol. The van der Waals surface area contributed by atoms with Gasteiger partial charge in [-0.2, -0.15) is 0 Å². The van der Waals surface area contributed by atoms with Gasteiger partial charge < -0.3 is 48.7 Å². The van der Waals surface area contributed by atoms with Crippen molar-refractivity contribution in [3.05, 3.63) is 58.7 Å². The van der Waals surface area contributed by atoms with Gasteiger partial charge in [-0.25, -0.2) is 14.4 Å². The summed E-state index contributed by atoms with van der Waals surface area (Å²) in [5, 5.41) is 26.7. The smallest absolute Gasteiger partial charge is 0.454 e. The van der Waals surface area contributed by atoms with Crippen LogP contribution in [0.1, 0.15) is 111 Å². The van der Waals surface area contributed by atoms with E-state index in [1.54, 1.807) is 45.9 Å². The minimum Gasteiger partial charge on any atom is -0.454 e. The van der Waals surface area contributed by atoms with Crippen LogP contribution in [0.4, 0.5) is 4.79 Å². The molecule has 0 aromatic heterocycles. The van der Waals surface area contributed by atoms with E-state index in [0.29, 0.717) is 24.8 Å². The number of rotatable bonds is 14. The van der Waals surface area contributed by atoms with E-state index in [1.807, 2.05) is 6.92 Å². The average Bonchev–Trinajstić information content (AvgIpc) is 4.02. The molecule has 3 N–H and O–H groups in total. The van der Waals surface area contributed by atoms with Gasteiger partial charge in [0.05, 0.1) is 41.6 Å². The number of amides is 1. The molecule has 1 amide bonds. The molecule has 2 heterocycles. The van der Waals surface area contributed by atoms with Crippen LogP contribution in [0.2, 0.25) is 0 Å². The van der Waals surface area contributed by atoms with E-state index in [2.05, 4.69) is 5.32 Å². The number of unbranched alkanes of at least 4 members (excludes halogenated alkanes) is 2. The van der Waals surface area contributed by atoms with Crippen molar-refractivity contribution in [1.29, 1.82) is 0 Å². The molecular formula is C47H59NO16. The maximum atomic E-state index is 15.8. The number of carbonyl (C=O) groups is 7. The normalized spacial score (nSPS) is 34.2. The van der Waals surface area contributed by atoms with Crippen LogP contribution >= 0.6 is 0 Å². The number of aliphatic hydroxyl groups excluding tert-OH is 2. The Balaban J connectivity index is 1.46. The van der Waals surface area contributed by atoms with Crippen LogP contribution in [-0.2, 0) is 57.1 Å². The van der Waals surface area contributed by atoms with Gasteiger partial charge in [0.25, 0.3) is 0 Å². The standard InChI is InChI=1S/C47H59NO16/c1-9-10-12-17-31(51)48-28(20-23(2)3)33(52)42(56)59-34-24(4)32-35(60-40(54)27-18-19-27)37(53)45(8)29(50)21-30-46(22-58-30,63-25(5)49)36(45)39(61-41(55)26-15-13-11-14-16-26)47(44(32,6)7)38(34)62-43(57)64-47/h11,13-16,20,27-30,33-36,38-39,50,52H,9-10,12,17-19,21-22H2,1-8H3,(H,48,51)/t28-,29-,30+,33+,34+,35+,36?,38-,39-,45+,46-,47+/m0/s1. The third-order valence-corrected chi connectivity index (χ3v) is 14.2. The zero-order valence-electron chi connectivity index (χ0n) is 37.5. The van der Waals surface area contributed by atoms with Crippen LogP contribution in [0.25, 0.3) is 0 Å². The molecule has 2 bridgehead atoms. The fourth-order valence-corrected chi connectivity index (χ4v) is 10.8. The summed E-state index contributed by atoms with van der Waals surface area (Å²) < 4.78 is 43.4. The van der Waals surface area contributed by atoms with Gasteiger partial charge in [0.15, 0.2) is 41.9 Å². The number of ketones is 1. The van der Waals surface area contributed by atoms with Crippen LogP contribution in [-0.4, -0.2) is 119 Å². The molecule has 2 saturated heterocycles. The van der Waals surface area contributed by atoms with Crippen molar-refractivity contribution in [3.63, 3.8) is 0 Å². The van der Waals surface area contributed by atoms with E-state index in [9.17, 15) is 39.0 Å². The molecule has 1 aromatic rings. The summed E-state index contributed by atoms with van der Waals surface area (Å²) in [7, 11) is 0. The van der Waals surface area contributed by atoms with Crippen molar-refractivity contribution in [2.75, 3.05) is 6.61 Å². The molecule has 12 atom stereocenters. The summed E-state index contributed by atoms with van der Waals surface area (Å²) in [5.41, 5.74) is -7.23. The first-order chi connectivity index (χ1) is 30.1. The van der Waals surface area contributed by atoms with E-state index in [0.717, 1.165) is 19.8 Å². The van der Waals surface area contributed by atoms with E-state index < -0.39 is 124 Å². The van der Waals surface area contributed by atoms with Gasteiger partial charge in [0, 0.05) is 25.2 Å². The van der Waals surface area contributed by atoms with Crippen molar-refractivity contribution in [2.45, 2.75) is 160 Å². The summed E-state index contributed by atoms with van der Waals surface area (Å²) in [6, 6.07) is 6.54. The molecule has 3 saturated carbocycles. The lowest BCUT2D eigenvalue weighted by atomic mass is 9.44. The number of fused-ring (bicyclic) bond motifs is 4. The van der Waals surface area contributed by atoms with Crippen LogP contribution in [0.3, 0.4) is 0 Å². The summed E-state index contributed by atoms with van der Waals surface area (Å²) in [4.78, 5) is 98.8. The lowest BCUT2D eigenvalue weighted by Gasteiger charge is -2.67. The molecule has 0 radical (unpaired) electrons. The maximum Gasteiger partial charge on any atom is 0.509 e. The summed E-state index contributed by atoms with van der Waals surface area (Å²) in [5.74, 6) is -7.17. The zero-order valence-corrected chi connectivity index (χ0v) is 37.5. The minimum absolute atomic E-state index is 0.000399. The lowest BCUT2D eigenvalue weighted by Crippen LogP contribution is -2.83. The Labute approximate surface area is 371 Å². The Bertz CT molecular complexity index is 2140. The molecule has 5 fully saturated rings. The number of Topliss-reactive ketones (excluding diaryl/α,β-unsaturated/α-hetero) is 1. The van der Waals surface area contributed by atoms with Crippen molar-refractivity contribution in [2.24, 2.45) is 22.7 Å². The quantitative estimate of drug-likeness (QED) is 0.103. The van der Waals surface area contributed by atoms with Gasteiger partial charge in [-0.1, -0.05) is 63.5 Å². The highest BCUT2D eigenvalue weighted by Crippen LogP contribution is 2.67. The van der Waals surface area contributed by atoms with E-state index in [4.69, 9.17) is 33.2 Å². The molecule has 6 aliphatic rings. The molecule has 64 heavy (non-hydrogen) atoms. The van der Waals surface area contributed by atoms with E-state index in [-0.39, 0.29) is 36.2 Å². The summed E-state index contributed by atoms with van der Waals surface area (Å²) >= 11 is 0. The number of benzene rings is 1. The number of allylic oxidation sites excluding steroid dienone is 1. The molecular weight excluding hydrogens is 835 g/mol. The summed E-state index contributed by atoms with van der Waals surface area (Å²) in [6.45, 7) is 12.3. The van der Waals surface area contributed by atoms with Gasteiger partial charge in [-0.3, -0.25) is 19.2 Å². The third kappa shape index (κ3) is 7.70. The zero-order chi connectivity index (χ0) is 46.7. The van der Waals surface area contributed by atoms with Crippen molar-refractivity contribution >= 4 is 41.7 Å². The predicted octanol–water partition coefficient (Wildman–Crippen LogP) is 4.14. The van der Waals surface area contributed by atoms with Gasteiger partial charge in [0.2, 0.25) is 11.5 Å². The van der Waals surface area contributed by atoms with Gasteiger partial charge in [-0.05, 0) is 70.2 Å². The number of nitrogens with one attached hydrogen (secondary N) is 1. The molecule has 17 heteroatoms. The Hall–Kier alpha value is -5.13. The Morgan fingerprint density at radius 3 is 2.27 bits per heavy atom. The Morgan fingerprint density at radius 1 is 0.984 bits per heavy atom. The first kappa shape index (κ1) is 46.9. The number of hydrogen-bond acceptors (Lipinski definition) is 16. The second kappa shape index (κ2) is 17.3. The number of aliphatic hydroxyl groups is 2. The monoisotopic (exact) mass is 893 g/mol. The molecule has 2 aliphatic heterocycles. The first-order valence-corrected chi connectivity index (χ1v) is 22.1. The molecule has 348 valence electrons. The number of carbonyl (C=O) groups excluding carboxylic acids is 7. The largest absolute Gasteiger partial charge is 0.509 e.